The number of phenols is 2. The van der Waals surface area contributed by atoms with E-state index in [1.807, 2.05) is 31.2 Å². The van der Waals surface area contributed by atoms with Gasteiger partial charge in [0.1, 0.15) is 0 Å². The molecule has 0 aliphatic rings. The first-order chi connectivity index (χ1) is 19.1. The van der Waals surface area contributed by atoms with Crippen LogP contribution in [0.4, 0.5) is 0 Å². The Labute approximate surface area is 236 Å². The number of phenolic OH excluding ortho intramolecular Hbond substituents is 2. The highest BCUT2D eigenvalue weighted by Crippen LogP contribution is 2.30. The third kappa shape index (κ3) is 13.1. The molecule has 0 radical (unpaired) electrons. The normalized spacial score (nSPS) is 12.4. The minimum atomic E-state index is -0.0948. The van der Waals surface area contributed by atoms with Crippen LogP contribution in [0.15, 0.2) is 46.4 Å². The molecule has 216 valence electrons. The average Bonchev–Trinajstić information content (AvgIpc) is 2.94. The maximum Gasteiger partial charge on any atom is 0.166 e. The maximum atomic E-state index is 10.6. The number of hydrogen-bond donors (Lipinski definition) is 2. The SMILES string of the molecule is CCCCCCCCOc1cccc(C=NCC(C)N=Cc2cccc(OCCCCCCCC)c2O)c1O. The highest BCUT2D eigenvalue weighted by atomic mass is 16.5. The van der Waals surface area contributed by atoms with Crippen LogP contribution in [-0.2, 0) is 0 Å². The Morgan fingerprint density at radius 2 is 1.13 bits per heavy atom. The van der Waals surface area contributed by atoms with Crippen LogP contribution in [0.25, 0.3) is 0 Å². The Balaban J connectivity index is 1.79. The van der Waals surface area contributed by atoms with E-state index in [-0.39, 0.29) is 17.5 Å². The molecule has 0 bridgehead atoms. The summed E-state index contributed by atoms with van der Waals surface area (Å²) in [5.74, 6) is 1.22. The van der Waals surface area contributed by atoms with Crippen molar-refractivity contribution >= 4 is 12.4 Å². The van der Waals surface area contributed by atoms with E-state index in [0.29, 0.717) is 42.4 Å². The number of benzene rings is 2. The van der Waals surface area contributed by atoms with Gasteiger partial charge in [0.25, 0.3) is 0 Å². The van der Waals surface area contributed by atoms with Crippen LogP contribution in [0.3, 0.4) is 0 Å². The Bertz CT molecular complexity index is 990. The summed E-state index contributed by atoms with van der Waals surface area (Å²) in [6, 6.07) is 10.8. The van der Waals surface area contributed by atoms with Crippen LogP contribution in [0.1, 0.15) is 109 Å². The number of aromatic hydroxyl groups is 2. The van der Waals surface area contributed by atoms with Crippen LogP contribution < -0.4 is 9.47 Å². The van der Waals surface area contributed by atoms with E-state index in [4.69, 9.17) is 9.47 Å². The van der Waals surface area contributed by atoms with E-state index in [1.165, 1.54) is 51.4 Å². The molecule has 0 aliphatic carbocycles. The lowest BCUT2D eigenvalue weighted by molar-refractivity contribution is 0.288. The first-order valence-corrected chi connectivity index (χ1v) is 15.0. The number of nitrogens with zero attached hydrogens (tertiary/aromatic N) is 2. The number of ether oxygens (including phenoxy) is 2. The quantitative estimate of drug-likeness (QED) is 0.123. The van der Waals surface area contributed by atoms with Gasteiger partial charge in [-0.1, -0.05) is 90.2 Å². The predicted molar refractivity (Wildman–Crippen MR) is 163 cm³/mol. The minimum Gasteiger partial charge on any atom is -0.504 e. The molecule has 2 rings (SSSR count). The van der Waals surface area contributed by atoms with Crippen LogP contribution in [0.2, 0.25) is 0 Å². The molecule has 1 unspecified atom stereocenters. The van der Waals surface area contributed by atoms with E-state index in [1.54, 1.807) is 24.6 Å². The predicted octanol–water partition coefficient (Wildman–Crippen LogP) is 8.50. The minimum absolute atomic E-state index is 0.0948. The molecular weight excluding hydrogens is 488 g/mol. The zero-order chi connectivity index (χ0) is 28.1. The van der Waals surface area contributed by atoms with E-state index < -0.39 is 0 Å². The van der Waals surface area contributed by atoms with E-state index in [2.05, 4.69) is 23.8 Å². The van der Waals surface area contributed by atoms with Gasteiger partial charge >= 0.3 is 0 Å². The summed E-state index contributed by atoms with van der Waals surface area (Å²) in [7, 11) is 0. The third-order valence-electron chi connectivity index (χ3n) is 6.64. The van der Waals surface area contributed by atoms with Crippen molar-refractivity contribution in [3.63, 3.8) is 0 Å². The fraction of sp³-hybridized carbons (Fsp3) is 0.576. The molecular formula is C33H50N2O4. The third-order valence-corrected chi connectivity index (χ3v) is 6.64. The van der Waals surface area contributed by atoms with Gasteiger partial charge in [0.05, 0.1) is 25.8 Å². The van der Waals surface area contributed by atoms with Gasteiger partial charge in [0.15, 0.2) is 23.0 Å². The second-order valence-electron chi connectivity index (χ2n) is 10.2. The Kier molecular flexibility index (Phi) is 16.5. The second kappa shape index (κ2) is 20.0. The molecule has 0 aromatic heterocycles. The molecule has 0 heterocycles. The molecule has 6 heteroatoms. The first-order valence-electron chi connectivity index (χ1n) is 15.0. The van der Waals surface area contributed by atoms with Gasteiger partial charge in [-0.3, -0.25) is 9.98 Å². The fourth-order valence-corrected chi connectivity index (χ4v) is 4.21. The van der Waals surface area contributed by atoms with Crippen molar-refractivity contribution < 1.29 is 19.7 Å². The number of hydrogen-bond acceptors (Lipinski definition) is 6. The van der Waals surface area contributed by atoms with Gasteiger partial charge in [-0.25, -0.2) is 0 Å². The molecule has 0 amide bonds. The number of rotatable bonds is 21. The lowest BCUT2D eigenvalue weighted by atomic mass is 10.1. The maximum absolute atomic E-state index is 10.6. The van der Waals surface area contributed by atoms with Crippen LogP contribution in [0.5, 0.6) is 23.0 Å². The zero-order valence-electron chi connectivity index (χ0n) is 24.4. The smallest absolute Gasteiger partial charge is 0.166 e. The summed E-state index contributed by atoms with van der Waals surface area (Å²) >= 11 is 0. The van der Waals surface area contributed by atoms with E-state index in [0.717, 1.165) is 25.7 Å². The summed E-state index contributed by atoms with van der Waals surface area (Å²) in [6.07, 6.45) is 17.7. The van der Waals surface area contributed by atoms with Gasteiger partial charge < -0.3 is 19.7 Å². The van der Waals surface area contributed by atoms with E-state index >= 15 is 0 Å². The standard InChI is InChI=1S/C33H50N2O4/c1-4-6-8-10-12-14-22-38-30-20-16-18-28(32(30)36)25-34-24-27(3)35-26-29-19-17-21-31(33(29)37)39-23-15-13-11-9-7-5-2/h16-21,25-27,36-37H,4-15,22-24H2,1-3H3. The van der Waals surface area contributed by atoms with E-state index in [9.17, 15) is 10.2 Å². The van der Waals surface area contributed by atoms with Gasteiger partial charge in [0, 0.05) is 23.6 Å². The summed E-state index contributed by atoms with van der Waals surface area (Å²) in [6.45, 7) is 8.05. The lowest BCUT2D eigenvalue weighted by Gasteiger charge is -2.10. The van der Waals surface area contributed by atoms with Crippen molar-refractivity contribution in [2.24, 2.45) is 9.98 Å². The molecule has 2 N–H and O–H groups in total. The first kappa shape index (κ1) is 32.2. The van der Waals surface area contributed by atoms with Crippen molar-refractivity contribution in [2.75, 3.05) is 19.8 Å². The van der Waals surface area contributed by atoms with Gasteiger partial charge in [-0.15, -0.1) is 0 Å². The Hall–Kier alpha value is -3.02. The Morgan fingerprint density at radius 1 is 0.667 bits per heavy atom. The molecule has 1 atom stereocenters. The van der Waals surface area contributed by atoms with Crippen LogP contribution >= 0.6 is 0 Å². The largest absolute Gasteiger partial charge is 0.504 e. The lowest BCUT2D eigenvalue weighted by Crippen LogP contribution is -2.04. The molecule has 0 aliphatic heterocycles. The molecule has 39 heavy (non-hydrogen) atoms. The fourth-order valence-electron chi connectivity index (χ4n) is 4.21. The average molecular weight is 539 g/mol. The Morgan fingerprint density at radius 3 is 1.64 bits per heavy atom. The summed E-state index contributed by atoms with van der Waals surface area (Å²) in [4.78, 5) is 9.01. The number of unbranched alkanes of at least 4 members (excludes halogenated alkanes) is 10. The number of aliphatic imine (C=N–C) groups is 2. The molecule has 2 aromatic rings. The zero-order valence-corrected chi connectivity index (χ0v) is 24.4. The monoisotopic (exact) mass is 538 g/mol. The van der Waals surface area contributed by atoms with Crippen LogP contribution in [0, 0.1) is 0 Å². The molecule has 0 saturated carbocycles. The van der Waals surface area contributed by atoms with Crippen molar-refractivity contribution in [3.8, 4) is 23.0 Å². The summed E-state index contributed by atoms with van der Waals surface area (Å²) in [5, 5.41) is 21.2. The van der Waals surface area contributed by atoms with Crippen molar-refractivity contribution in [2.45, 2.75) is 104 Å². The van der Waals surface area contributed by atoms with Gasteiger partial charge in [-0.05, 0) is 44.0 Å². The highest BCUT2D eigenvalue weighted by molar-refractivity contribution is 5.85. The molecule has 2 aromatic carbocycles. The van der Waals surface area contributed by atoms with Crippen molar-refractivity contribution in [1.82, 2.24) is 0 Å². The summed E-state index contributed by atoms with van der Waals surface area (Å²) < 4.78 is 11.6. The van der Waals surface area contributed by atoms with Gasteiger partial charge in [-0.2, -0.15) is 0 Å². The molecule has 0 spiro atoms. The van der Waals surface area contributed by atoms with Crippen LogP contribution in [-0.4, -0.2) is 48.4 Å². The number of para-hydroxylation sites is 2. The topological polar surface area (TPSA) is 83.6 Å². The van der Waals surface area contributed by atoms with Gasteiger partial charge in [0.2, 0.25) is 0 Å². The highest BCUT2D eigenvalue weighted by Gasteiger charge is 2.08. The molecule has 0 fully saturated rings. The summed E-state index contributed by atoms with van der Waals surface area (Å²) in [5.41, 5.74) is 1.25. The molecule has 0 saturated heterocycles. The second-order valence-corrected chi connectivity index (χ2v) is 10.2. The molecule has 6 nitrogen and oxygen atoms in total. The van der Waals surface area contributed by atoms with Crippen molar-refractivity contribution in [3.05, 3.63) is 47.5 Å². The van der Waals surface area contributed by atoms with Crippen molar-refractivity contribution in [1.29, 1.82) is 0 Å².